The summed E-state index contributed by atoms with van der Waals surface area (Å²) >= 11 is 0. The maximum atomic E-state index is 13.5. The predicted molar refractivity (Wildman–Crippen MR) is 114 cm³/mol. The molecular weight excluding hydrogens is 363 g/mol. The second kappa shape index (κ2) is 6.68. The van der Waals surface area contributed by atoms with Crippen LogP contribution in [-0.2, 0) is 18.6 Å². The van der Waals surface area contributed by atoms with Crippen LogP contribution in [0.4, 0.5) is 4.39 Å². The van der Waals surface area contributed by atoms with Gasteiger partial charge in [0, 0.05) is 35.1 Å². The molecule has 3 atom stereocenters. The Kier molecular flexibility index (Phi) is 4.34. The minimum absolute atomic E-state index is 0.272. The average Bonchev–Trinajstić information content (AvgIpc) is 3.12. The number of likely N-dealkylation sites (N-methyl/N-ethyl adjacent to an activating group) is 1. The van der Waals surface area contributed by atoms with Crippen LogP contribution in [0.25, 0.3) is 10.9 Å². The first-order valence-corrected chi connectivity index (χ1v) is 10.7. The molecule has 0 aliphatic carbocycles. The smallest absolute Gasteiger partial charge is 0.123 e. The van der Waals surface area contributed by atoms with Gasteiger partial charge in [-0.2, -0.15) is 0 Å². The molecule has 1 saturated heterocycles. The molecule has 5 rings (SSSR count). The van der Waals surface area contributed by atoms with E-state index in [1.165, 1.54) is 52.7 Å². The topological polar surface area (TPSA) is 28.4 Å². The van der Waals surface area contributed by atoms with Crippen molar-refractivity contribution >= 4 is 10.9 Å². The van der Waals surface area contributed by atoms with E-state index in [-0.39, 0.29) is 5.82 Å². The molecule has 1 fully saturated rings. The number of aromatic nitrogens is 1. The third kappa shape index (κ3) is 2.84. The molecule has 3 heterocycles. The van der Waals surface area contributed by atoms with E-state index in [1.807, 2.05) is 6.92 Å². The second-order valence-corrected chi connectivity index (χ2v) is 8.98. The van der Waals surface area contributed by atoms with E-state index in [4.69, 9.17) is 0 Å². The molecule has 1 N–H and O–H groups in total. The highest BCUT2D eigenvalue weighted by molar-refractivity contribution is 5.87. The number of halogens is 1. The lowest BCUT2D eigenvalue weighted by atomic mass is 9.90. The molecule has 3 unspecified atom stereocenters. The Morgan fingerprint density at radius 1 is 1.14 bits per heavy atom. The molecule has 2 bridgehead atoms. The molecule has 0 saturated carbocycles. The van der Waals surface area contributed by atoms with E-state index in [0.717, 1.165) is 12.0 Å². The van der Waals surface area contributed by atoms with E-state index in [2.05, 4.69) is 41.6 Å². The van der Waals surface area contributed by atoms with Crippen molar-refractivity contribution in [1.82, 2.24) is 9.47 Å². The van der Waals surface area contributed by atoms with Gasteiger partial charge >= 0.3 is 0 Å². The van der Waals surface area contributed by atoms with E-state index in [1.54, 1.807) is 12.1 Å². The monoisotopic (exact) mass is 392 g/mol. The van der Waals surface area contributed by atoms with Crippen molar-refractivity contribution in [1.29, 1.82) is 0 Å². The van der Waals surface area contributed by atoms with Gasteiger partial charge in [0.15, 0.2) is 0 Å². The van der Waals surface area contributed by atoms with Gasteiger partial charge in [0.1, 0.15) is 11.4 Å². The highest BCUT2D eigenvalue weighted by atomic mass is 19.1. The van der Waals surface area contributed by atoms with Gasteiger partial charge in [0.05, 0.1) is 6.54 Å². The Morgan fingerprint density at radius 3 is 2.62 bits per heavy atom. The van der Waals surface area contributed by atoms with Gasteiger partial charge in [-0.05, 0) is 68.6 Å². The van der Waals surface area contributed by atoms with Crippen LogP contribution >= 0.6 is 0 Å². The van der Waals surface area contributed by atoms with Crippen molar-refractivity contribution in [2.75, 3.05) is 7.05 Å². The van der Waals surface area contributed by atoms with Gasteiger partial charge in [-0.15, -0.1) is 0 Å². The van der Waals surface area contributed by atoms with Crippen LogP contribution in [0.3, 0.4) is 0 Å². The number of aryl methyl sites for hydroxylation is 1. The lowest BCUT2D eigenvalue weighted by Gasteiger charge is -2.34. The zero-order chi connectivity index (χ0) is 20.3. The molecule has 2 aliphatic rings. The zero-order valence-electron chi connectivity index (χ0n) is 17.5. The first kappa shape index (κ1) is 18.8. The summed E-state index contributed by atoms with van der Waals surface area (Å²) in [5.41, 5.74) is 5.06. The molecule has 2 aromatic carbocycles. The molecule has 4 heteroatoms. The Hall–Kier alpha value is -2.17. The van der Waals surface area contributed by atoms with E-state index < -0.39 is 5.60 Å². The highest BCUT2D eigenvalue weighted by Crippen LogP contribution is 2.47. The molecule has 152 valence electrons. The normalized spacial score (nSPS) is 23.3. The Balaban J connectivity index is 1.68. The fourth-order valence-corrected chi connectivity index (χ4v) is 5.58. The van der Waals surface area contributed by atoms with Crippen LogP contribution in [0.5, 0.6) is 0 Å². The lowest BCUT2D eigenvalue weighted by Crippen LogP contribution is -2.36. The van der Waals surface area contributed by atoms with Crippen LogP contribution in [0, 0.1) is 12.7 Å². The maximum Gasteiger partial charge on any atom is 0.123 e. The first-order valence-electron chi connectivity index (χ1n) is 10.7. The summed E-state index contributed by atoms with van der Waals surface area (Å²) in [6, 6.07) is 14.0. The van der Waals surface area contributed by atoms with Crippen molar-refractivity contribution in [3.8, 4) is 0 Å². The molecule has 0 spiro atoms. The summed E-state index contributed by atoms with van der Waals surface area (Å²) in [6.45, 7) is 4.64. The minimum atomic E-state index is -1.03. The number of rotatable bonds is 4. The number of fused-ring (bicyclic) bond motifs is 6. The van der Waals surface area contributed by atoms with Gasteiger partial charge in [-0.25, -0.2) is 4.39 Å². The van der Waals surface area contributed by atoms with Crippen LogP contribution in [0.15, 0.2) is 42.5 Å². The van der Waals surface area contributed by atoms with Crippen molar-refractivity contribution in [3.05, 3.63) is 70.7 Å². The Bertz CT molecular complexity index is 1070. The van der Waals surface area contributed by atoms with Crippen molar-refractivity contribution < 1.29 is 9.50 Å². The van der Waals surface area contributed by atoms with E-state index >= 15 is 0 Å². The van der Waals surface area contributed by atoms with E-state index in [9.17, 15) is 9.50 Å². The standard InChI is InChI=1S/C25H29FN2O/c1-4-25(29,17-6-8-18(26)9-7-17)15-28-21-11-5-16(2)13-20(21)24-22-12-10-19(27(22)3)14-23(24)28/h5-9,11,13,19,22,29H,4,10,12,14-15H2,1-3H3. The molecule has 29 heavy (non-hydrogen) atoms. The Labute approximate surface area is 171 Å². The van der Waals surface area contributed by atoms with Crippen LogP contribution in [0.2, 0.25) is 0 Å². The van der Waals surface area contributed by atoms with Crippen molar-refractivity contribution in [3.63, 3.8) is 0 Å². The first-order chi connectivity index (χ1) is 13.9. The molecule has 1 aromatic heterocycles. The SMILES string of the molecule is CCC(O)(Cn1c2c(c3cc(C)ccc31)C1CCC(C2)N1C)c1ccc(F)cc1. The van der Waals surface area contributed by atoms with Gasteiger partial charge in [0.2, 0.25) is 0 Å². The summed E-state index contributed by atoms with van der Waals surface area (Å²) < 4.78 is 15.8. The predicted octanol–water partition coefficient (Wildman–Crippen LogP) is 5.08. The van der Waals surface area contributed by atoms with Gasteiger partial charge in [-0.1, -0.05) is 30.7 Å². The minimum Gasteiger partial charge on any atom is -0.383 e. The summed E-state index contributed by atoms with van der Waals surface area (Å²) in [5.74, 6) is -0.272. The number of nitrogens with zero attached hydrogens (tertiary/aromatic N) is 2. The third-order valence-electron chi connectivity index (χ3n) is 7.36. The van der Waals surface area contributed by atoms with Crippen LogP contribution in [0.1, 0.15) is 54.6 Å². The van der Waals surface area contributed by atoms with Crippen molar-refractivity contribution in [2.24, 2.45) is 0 Å². The quantitative estimate of drug-likeness (QED) is 0.671. The lowest BCUT2D eigenvalue weighted by molar-refractivity contribution is 0.0143. The van der Waals surface area contributed by atoms with E-state index in [0.29, 0.717) is 25.0 Å². The molecule has 0 amide bonds. The van der Waals surface area contributed by atoms with Gasteiger partial charge in [0.25, 0.3) is 0 Å². The molecule has 3 aromatic rings. The number of aliphatic hydroxyl groups is 1. The van der Waals surface area contributed by atoms with Gasteiger partial charge in [-0.3, -0.25) is 4.90 Å². The Morgan fingerprint density at radius 2 is 1.90 bits per heavy atom. The molecular formula is C25H29FN2O. The average molecular weight is 393 g/mol. The zero-order valence-corrected chi connectivity index (χ0v) is 17.5. The number of hydrogen-bond acceptors (Lipinski definition) is 2. The second-order valence-electron chi connectivity index (χ2n) is 8.98. The summed E-state index contributed by atoms with van der Waals surface area (Å²) in [7, 11) is 2.26. The molecule has 2 aliphatic heterocycles. The fraction of sp³-hybridized carbons (Fsp3) is 0.440. The van der Waals surface area contributed by atoms with Crippen molar-refractivity contribution in [2.45, 2.75) is 63.8 Å². The molecule has 0 radical (unpaired) electrons. The maximum absolute atomic E-state index is 13.5. The third-order valence-corrected chi connectivity index (χ3v) is 7.36. The number of benzene rings is 2. The largest absolute Gasteiger partial charge is 0.383 e. The molecule has 3 nitrogen and oxygen atoms in total. The summed E-state index contributed by atoms with van der Waals surface area (Å²) in [5, 5.41) is 12.9. The number of hydrogen-bond donors (Lipinski definition) is 1. The van der Waals surface area contributed by atoms with Gasteiger partial charge < -0.3 is 9.67 Å². The summed E-state index contributed by atoms with van der Waals surface area (Å²) in [4.78, 5) is 2.54. The van der Waals surface area contributed by atoms with Crippen LogP contribution < -0.4 is 0 Å². The highest BCUT2D eigenvalue weighted by Gasteiger charge is 2.41. The van der Waals surface area contributed by atoms with Crippen LogP contribution in [-0.4, -0.2) is 27.7 Å². The fourth-order valence-electron chi connectivity index (χ4n) is 5.58. The summed E-state index contributed by atoms with van der Waals surface area (Å²) in [6.07, 6.45) is 4.04.